The highest BCUT2D eigenvalue weighted by Crippen LogP contribution is 2.51. The molecule has 0 spiro atoms. The van der Waals surface area contributed by atoms with Gasteiger partial charge < -0.3 is 54.4 Å². The first-order chi connectivity index (χ1) is 30.3. The lowest BCUT2D eigenvalue weighted by Crippen LogP contribution is -2.65. The summed E-state index contributed by atoms with van der Waals surface area (Å²) in [7, 11) is -16.6. The molecule has 1 fully saturated rings. The number of unbranched alkanes of at least 4 members (excludes halogenated alkanes) is 24. The molecular weight excluding hydrogens is 905 g/mol. The van der Waals surface area contributed by atoms with Gasteiger partial charge in [-0.15, -0.1) is 0 Å². The predicted octanol–water partition coefficient (Wildman–Crippen LogP) is 6.93. The van der Waals surface area contributed by atoms with Crippen LogP contribution in [0, 0.1) is 0 Å². The van der Waals surface area contributed by atoms with E-state index in [1.165, 1.54) is 70.6 Å². The predicted molar refractivity (Wildman–Crippen MR) is 235 cm³/mol. The Morgan fingerprint density at radius 2 is 0.828 bits per heavy atom. The molecule has 20 nitrogen and oxygen atoms in total. The van der Waals surface area contributed by atoms with E-state index in [0.717, 1.165) is 83.5 Å². The van der Waals surface area contributed by atoms with Crippen molar-refractivity contribution < 1.29 is 95.7 Å². The second-order valence-electron chi connectivity index (χ2n) is 16.8. The number of aliphatic hydroxyl groups is 4. The Labute approximate surface area is 379 Å². The van der Waals surface area contributed by atoms with Gasteiger partial charge in [-0.25, -0.2) is 13.7 Å². The normalized spacial score (nSPS) is 22.0. The fraction of sp³-hybridized carbons (Fsp3) is 0.951. The van der Waals surface area contributed by atoms with E-state index in [1.807, 2.05) is 0 Å². The van der Waals surface area contributed by atoms with Crippen LogP contribution in [0.2, 0.25) is 0 Å². The number of phosphoric ester groups is 3. The standard InChI is InChI=1S/C41H81O20P3/c1-2-3-4-5-6-7-8-10-13-16-19-22-25-28-34(43)56-31-33(58-35(44)29-26-23-20-17-14-11-9-12-15-18-21-24-27-30-42)32-57-64(54,55)61-39-36(45)37(46)40(59-62(48,49)50)41(38(39)47)60-63(51,52)53/h33,36-42,45-47H,2-32H2,1H3,(H,54,55)(H2,48,49,50)(H2,51,52,53)/t33-,36+,37-,38-,39+,40+,41+/m0/s1. The zero-order valence-corrected chi connectivity index (χ0v) is 40.5. The zero-order chi connectivity index (χ0) is 47.9. The van der Waals surface area contributed by atoms with Crippen LogP contribution < -0.4 is 0 Å². The molecule has 380 valence electrons. The third-order valence-electron chi connectivity index (χ3n) is 11.0. The number of carbonyl (C=O) groups excluding carboxylic acids is 2. The number of rotatable bonds is 41. The Hall–Kier alpha value is -0.890. The molecule has 0 bridgehead atoms. The van der Waals surface area contributed by atoms with Crippen molar-refractivity contribution in [3.63, 3.8) is 0 Å². The minimum absolute atomic E-state index is 0.00979. The summed E-state index contributed by atoms with van der Waals surface area (Å²) >= 11 is 0. The summed E-state index contributed by atoms with van der Waals surface area (Å²) in [6.07, 6.45) is 11.4. The van der Waals surface area contributed by atoms with Crippen LogP contribution in [0.1, 0.15) is 187 Å². The molecule has 1 aliphatic rings. The van der Waals surface area contributed by atoms with E-state index in [2.05, 4.69) is 16.0 Å². The highest BCUT2D eigenvalue weighted by atomic mass is 31.2. The average Bonchev–Trinajstić information content (AvgIpc) is 3.22. The third kappa shape index (κ3) is 31.2. The van der Waals surface area contributed by atoms with E-state index in [0.29, 0.717) is 12.8 Å². The van der Waals surface area contributed by atoms with Crippen LogP contribution in [0.5, 0.6) is 0 Å². The maximum Gasteiger partial charge on any atom is 0.472 e. The highest BCUT2D eigenvalue weighted by Gasteiger charge is 2.56. The molecule has 1 saturated carbocycles. The van der Waals surface area contributed by atoms with Crippen LogP contribution in [0.4, 0.5) is 0 Å². The van der Waals surface area contributed by atoms with E-state index in [4.69, 9.17) is 23.6 Å². The molecule has 1 rings (SSSR count). The van der Waals surface area contributed by atoms with Gasteiger partial charge in [0.2, 0.25) is 0 Å². The fourth-order valence-electron chi connectivity index (χ4n) is 7.45. The maximum atomic E-state index is 13.1. The molecule has 1 aliphatic carbocycles. The van der Waals surface area contributed by atoms with Gasteiger partial charge in [-0.3, -0.25) is 27.7 Å². The van der Waals surface area contributed by atoms with Crippen molar-refractivity contribution in [3.05, 3.63) is 0 Å². The van der Waals surface area contributed by atoms with Gasteiger partial charge >= 0.3 is 35.4 Å². The first-order valence-electron chi connectivity index (χ1n) is 23.4. The van der Waals surface area contributed by atoms with Gasteiger partial charge in [0.25, 0.3) is 0 Å². The Morgan fingerprint density at radius 3 is 1.23 bits per heavy atom. The van der Waals surface area contributed by atoms with Crippen molar-refractivity contribution in [2.24, 2.45) is 0 Å². The first kappa shape index (κ1) is 61.1. The summed E-state index contributed by atoms with van der Waals surface area (Å²) in [5, 5.41) is 40.7. The van der Waals surface area contributed by atoms with Crippen molar-refractivity contribution in [1.29, 1.82) is 0 Å². The molecule has 23 heteroatoms. The van der Waals surface area contributed by atoms with Gasteiger partial charge in [0, 0.05) is 19.4 Å². The Balaban J connectivity index is 2.73. The smallest absolute Gasteiger partial charge is 0.462 e. The van der Waals surface area contributed by atoms with Crippen molar-refractivity contribution >= 4 is 35.4 Å². The molecule has 0 aliphatic heterocycles. The molecule has 8 atom stereocenters. The molecule has 0 aromatic heterocycles. The Kier molecular flexibility index (Phi) is 33.7. The highest BCUT2D eigenvalue weighted by molar-refractivity contribution is 7.47. The summed E-state index contributed by atoms with van der Waals surface area (Å²) < 4.78 is 65.4. The molecule has 64 heavy (non-hydrogen) atoms. The van der Waals surface area contributed by atoms with Crippen LogP contribution in [-0.2, 0) is 50.9 Å². The molecule has 0 radical (unpaired) electrons. The van der Waals surface area contributed by atoms with Gasteiger partial charge in [-0.05, 0) is 19.3 Å². The first-order valence-corrected chi connectivity index (χ1v) is 28.0. The van der Waals surface area contributed by atoms with Crippen molar-refractivity contribution in [1.82, 2.24) is 0 Å². The van der Waals surface area contributed by atoms with E-state index in [1.54, 1.807) is 0 Å². The lowest BCUT2D eigenvalue weighted by atomic mass is 9.85. The van der Waals surface area contributed by atoms with E-state index in [-0.39, 0.29) is 19.4 Å². The van der Waals surface area contributed by atoms with Crippen LogP contribution >= 0.6 is 23.5 Å². The minimum atomic E-state index is -5.60. The van der Waals surface area contributed by atoms with E-state index < -0.39 is 91.3 Å². The van der Waals surface area contributed by atoms with Crippen molar-refractivity contribution in [3.8, 4) is 0 Å². The zero-order valence-electron chi connectivity index (χ0n) is 37.8. The van der Waals surface area contributed by atoms with Gasteiger partial charge in [0.15, 0.2) is 6.10 Å². The quantitative estimate of drug-likeness (QED) is 0.0170. The molecule has 9 N–H and O–H groups in total. The summed E-state index contributed by atoms with van der Waals surface area (Å²) in [4.78, 5) is 73.1. The number of esters is 2. The number of ether oxygens (including phenoxy) is 2. The number of phosphoric acid groups is 3. The second-order valence-corrected chi connectivity index (χ2v) is 20.6. The third-order valence-corrected chi connectivity index (χ3v) is 13.0. The second kappa shape index (κ2) is 35.3. The minimum Gasteiger partial charge on any atom is -0.462 e. The summed E-state index contributed by atoms with van der Waals surface area (Å²) in [5.41, 5.74) is 0. The summed E-state index contributed by atoms with van der Waals surface area (Å²) in [6.45, 7) is 0.963. The summed E-state index contributed by atoms with van der Waals surface area (Å²) in [6, 6.07) is 0. The molecular formula is C41H81O20P3. The average molecular weight is 987 g/mol. The Morgan fingerprint density at radius 1 is 0.469 bits per heavy atom. The van der Waals surface area contributed by atoms with Crippen LogP contribution in [0.3, 0.4) is 0 Å². The monoisotopic (exact) mass is 986 g/mol. The van der Waals surface area contributed by atoms with Gasteiger partial charge in [-0.1, -0.05) is 155 Å². The maximum absolute atomic E-state index is 13.1. The molecule has 0 saturated heterocycles. The number of hydrogen-bond donors (Lipinski definition) is 9. The van der Waals surface area contributed by atoms with Crippen LogP contribution in [-0.4, -0.2) is 119 Å². The van der Waals surface area contributed by atoms with Crippen molar-refractivity contribution in [2.45, 2.75) is 229 Å². The number of carbonyl (C=O) groups is 2. The van der Waals surface area contributed by atoms with Crippen molar-refractivity contribution in [2.75, 3.05) is 19.8 Å². The Bertz CT molecular complexity index is 1360. The number of hydrogen-bond acceptors (Lipinski definition) is 15. The topological polar surface area (TPSA) is 323 Å². The molecule has 0 amide bonds. The van der Waals surface area contributed by atoms with Crippen LogP contribution in [0.15, 0.2) is 0 Å². The van der Waals surface area contributed by atoms with E-state index >= 15 is 0 Å². The summed E-state index contributed by atoms with van der Waals surface area (Å²) in [5.74, 6) is -1.31. The lowest BCUT2D eigenvalue weighted by molar-refractivity contribution is -0.213. The molecule has 0 aromatic rings. The van der Waals surface area contributed by atoms with Crippen LogP contribution in [0.25, 0.3) is 0 Å². The molecule has 0 heterocycles. The largest absolute Gasteiger partial charge is 0.472 e. The van der Waals surface area contributed by atoms with Gasteiger partial charge in [0.1, 0.15) is 43.2 Å². The van der Waals surface area contributed by atoms with Gasteiger partial charge in [-0.2, -0.15) is 0 Å². The SMILES string of the molecule is CCCCCCCCCCCCCCCC(=O)OC[C@@H](COP(=O)(O)O[C@@H]1[C@H](O)[C@H](O)[C@@H](OP(=O)(O)O)[C@H](OP(=O)(O)O)[C@H]1O)OC(=O)CCCCCCCCCCCCCCCO. The van der Waals surface area contributed by atoms with Gasteiger partial charge in [0.05, 0.1) is 6.61 Å². The molecule has 0 aromatic carbocycles. The van der Waals surface area contributed by atoms with E-state index in [9.17, 15) is 63.1 Å². The number of aliphatic hydroxyl groups excluding tert-OH is 4. The lowest BCUT2D eigenvalue weighted by Gasteiger charge is -2.44. The fourth-order valence-corrected chi connectivity index (χ4v) is 9.54. The molecule has 1 unspecified atom stereocenters.